The van der Waals surface area contributed by atoms with Crippen LogP contribution in [0.15, 0.2) is 0 Å². The van der Waals surface area contributed by atoms with Gasteiger partial charge in [-0.25, -0.2) is 17.9 Å². The number of amides is 1. The molecule has 0 rings (SSSR count). The van der Waals surface area contributed by atoms with E-state index in [0.29, 0.717) is 0 Å². The first-order valence-corrected chi connectivity index (χ1v) is 7.40. The lowest BCUT2D eigenvalue weighted by Gasteiger charge is -2.05. The Morgan fingerprint density at radius 1 is 1.33 bits per heavy atom. The summed E-state index contributed by atoms with van der Waals surface area (Å²) >= 11 is 0. The van der Waals surface area contributed by atoms with Crippen LogP contribution in [0.3, 0.4) is 0 Å². The zero-order chi connectivity index (χ0) is 12.1. The quantitative estimate of drug-likeness (QED) is 0.607. The number of halogens is 1. The van der Waals surface area contributed by atoms with E-state index in [1.807, 2.05) is 0 Å². The molecular weight excluding hydrogens is 272 g/mol. The maximum atomic E-state index is 10.9. The maximum Gasteiger partial charge on any atom is 0.421 e. The number of ether oxygens (including phenoxy) is 1. The van der Waals surface area contributed by atoms with E-state index in [2.05, 4.69) is 4.74 Å². The second kappa shape index (κ2) is 5.49. The van der Waals surface area contributed by atoms with E-state index in [-0.39, 0.29) is 0 Å². The number of nitrogens with one attached hydrogen (secondary N) is 2. The molecule has 0 saturated heterocycles. The van der Waals surface area contributed by atoms with Crippen molar-refractivity contribution in [3.05, 3.63) is 0 Å². The number of hydrogen-bond donors (Lipinski definition) is 2. The molecule has 0 saturated carbocycles. The highest BCUT2D eigenvalue weighted by Gasteiger charge is 2.15. The average Bonchev–Trinajstić information content (AvgIpc) is 2.00. The SMILES string of the molecule is COC(=O)NS(=O)(=O)NCCS(=O)(=O)Cl. The van der Waals surface area contributed by atoms with Crippen molar-refractivity contribution in [3.63, 3.8) is 0 Å². The Kier molecular flexibility index (Phi) is 5.28. The molecule has 0 unspecified atom stereocenters. The summed E-state index contributed by atoms with van der Waals surface area (Å²) in [7, 11) is -2.09. The van der Waals surface area contributed by atoms with Crippen molar-refractivity contribution in [2.45, 2.75) is 0 Å². The van der Waals surface area contributed by atoms with E-state index in [1.54, 1.807) is 4.72 Å². The normalized spacial score (nSPS) is 12.1. The third-order valence-electron chi connectivity index (χ3n) is 1.04. The van der Waals surface area contributed by atoms with Gasteiger partial charge in [-0.3, -0.25) is 0 Å². The number of hydrogen-bond acceptors (Lipinski definition) is 6. The monoisotopic (exact) mass is 280 g/mol. The number of methoxy groups -OCH3 is 1. The Bertz CT molecular complexity index is 414. The Hall–Kier alpha value is -0.580. The molecule has 11 heteroatoms. The topological polar surface area (TPSA) is 119 Å². The van der Waals surface area contributed by atoms with E-state index in [4.69, 9.17) is 10.7 Å². The first-order valence-electron chi connectivity index (χ1n) is 3.44. The molecule has 8 nitrogen and oxygen atoms in total. The zero-order valence-electron chi connectivity index (χ0n) is 7.56. The Morgan fingerprint density at radius 2 is 1.87 bits per heavy atom. The van der Waals surface area contributed by atoms with Crippen molar-refractivity contribution >= 4 is 36.0 Å². The van der Waals surface area contributed by atoms with Crippen LogP contribution in [0.5, 0.6) is 0 Å². The maximum absolute atomic E-state index is 10.9. The van der Waals surface area contributed by atoms with Crippen LogP contribution in [-0.4, -0.2) is 42.3 Å². The lowest BCUT2D eigenvalue weighted by atomic mass is 10.8. The Balaban J connectivity index is 4.12. The van der Waals surface area contributed by atoms with Gasteiger partial charge in [-0.1, -0.05) is 0 Å². The molecule has 0 aliphatic heterocycles. The average molecular weight is 281 g/mol. The van der Waals surface area contributed by atoms with E-state index in [0.717, 1.165) is 7.11 Å². The first kappa shape index (κ1) is 14.4. The predicted molar refractivity (Wildman–Crippen MR) is 52.1 cm³/mol. The van der Waals surface area contributed by atoms with Crippen molar-refractivity contribution in [1.82, 2.24) is 9.44 Å². The Labute approximate surface area is 91.5 Å². The lowest BCUT2D eigenvalue weighted by molar-refractivity contribution is 0.177. The minimum atomic E-state index is -4.11. The lowest BCUT2D eigenvalue weighted by Crippen LogP contribution is -2.41. The molecule has 0 fully saturated rings. The summed E-state index contributed by atoms with van der Waals surface area (Å²) < 4.78 is 49.9. The zero-order valence-corrected chi connectivity index (χ0v) is 9.95. The standard InChI is InChI=1S/C4H9ClN2O6S2/c1-13-4(8)7-15(11,12)6-2-3-14(5,9)10/h6H,2-3H2,1H3,(H,7,8). The fourth-order valence-corrected chi connectivity index (χ4v) is 1.94. The van der Waals surface area contributed by atoms with Gasteiger partial charge in [-0.05, 0) is 0 Å². The van der Waals surface area contributed by atoms with Gasteiger partial charge in [-0.2, -0.15) is 13.1 Å². The molecule has 2 N–H and O–H groups in total. The number of carbonyl (C=O) groups excluding carboxylic acids is 1. The second-order valence-corrected chi connectivity index (χ2v) is 6.63. The molecule has 0 atom stereocenters. The first-order chi connectivity index (χ1) is 6.66. The molecule has 90 valence electrons. The van der Waals surface area contributed by atoms with Crippen LogP contribution in [-0.2, 0) is 24.0 Å². The highest BCUT2D eigenvalue weighted by atomic mass is 35.7. The van der Waals surface area contributed by atoms with Gasteiger partial charge < -0.3 is 4.74 Å². The van der Waals surface area contributed by atoms with E-state index < -0.39 is 37.7 Å². The highest BCUT2D eigenvalue weighted by molar-refractivity contribution is 8.13. The van der Waals surface area contributed by atoms with Gasteiger partial charge in [-0.15, -0.1) is 0 Å². The van der Waals surface area contributed by atoms with E-state index >= 15 is 0 Å². The Morgan fingerprint density at radius 3 is 2.27 bits per heavy atom. The third kappa shape index (κ3) is 8.42. The summed E-state index contributed by atoms with van der Waals surface area (Å²) in [6, 6.07) is 0. The minimum Gasteiger partial charge on any atom is -0.452 e. The highest BCUT2D eigenvalue weighted by Crippen LogP contribution is 1.93. The molecule has 0 aromatic rings. The molecule has 0 heterocycles. The molecule has 0 aliphatic rings. The van der Waals surface area contributed by atoms with Crippen LogP contribution >= 0.6 is 10.7 Å². The van der Waals surface area contributed by atoms with Crippen LogP contribution in [0.1, 0.15) is 0 Å². The molecule has 0 spiro atoms. The van der Waals surface area contributed by atoms with Gasteiger partial charge in [0.1, 0.15) is 0 Å². The summed E-state index contributed by atoms with van der Waals surface area (Å²) in [5.74, 6) is -0.587. The molecule has 0 radical (unpaired) electrons. The smallest absolute Gasteiger partial charge is 0.421 e. The predicted octanol–water partition coefficient (Wildman–Crippen LogP) is -1.25. The van der Waals surface area contributed by atoms with Crippen LogP contribution in [0.4, 0.5) is 4.79 Å². The van der Waals surface area contributed by atoms with Crippen LogP contribution in [0.25, 0.3) is 0 Å². The van der Waals surface area contributed by atoms with Crippen molar-refractivity contribution < 1.29 is 26.4 Å². The fraction of sp³-hybridized carbons (Fsp3) is 0.750. The number of rotatable bonds is 5. The molecular formula is C4H9ClN2O6S2. The van der Waals surface area contributed by atoms with Crippen molar-refractivity contribution in [3.8, 4) is 0 Å². The molecule has 0 aromatic heterocycles. The van der Waals surface area contributed by atoms with Gasteiger partial charge in [0.05, 0.1) is 12.9 Å². The molecule has 0 aliphatic carbocycles. The number of carbonyl (C=O) groups is 1. The van der Waals surface area contributed by atoms with Gasteiger partial charge >= 0.3 is 16.3 Å². The summed E-state index contributed by atoms with van der Waals surface area (Å²) in [6.07, 6.45) is -1.18. The van der Waals surface area contributed by atoms with Crippen LogP contribution in [0.2, 0.25) is 0 Å². The van der Waals surface area contributed by atoms with E-state index in [1.165, 1.54) is 4.72 Å². The van der Waals surface area contributed by atoms with Crippen molar-refractivity contribution in [2.75, 3.05) is 19.4 Å². The van der Waals surface area contributed by atoms with Gasteiger partial charge in [0.2, 0.25) is 9.05 Å². The van der Waals surface area contributed by atoms with Crippen LogP contribution < -0.4 is 9.44 Å². The summed E-state index contributed by atoms with van der Waals surface area (Å²) in [6.45, 7) is -0.446. The second-order valence-electron chi connectivity index (χ2n) is 2.23. The van der Waals surface area contributed by atoms with Gasteiger partial charge in [0.25, 0.3) is 0 Å². The summed E-state index contributed by atoms with van der Waals surface area (Å²) in [5.41, 5.74) is 0. The summed E-state index contributed by atoms with van der Waals surface area (Å²) in [5, 5.41) is 0. The summed E-state index contributed by atoms with van der Waals surface area (Å²) in [4.78, 5) is 10.5. The minimum absolute atomic E-state index is 0.446. The van der Waals surface area contributed by atoms with Crippen molar-refractivity contribution in [2.24, 2.45) is 0 Å². The third-order valence-corrected chi connectivity index (χ3v) is 3.22. The van der Waals surface area contributed by atoms with Crippen LogP contribution in [0, 0.1) is 0 Å². The molecule has 1 amide bonds. The van der Waals surface area contributed by atoms with Gasteiger partial charge in [0.15, 0.2) is 0 Å². The fourth-order valence-electron chi connectivity index (χ4n) is 0.485. The van der Waals surface area contributed by atoms with Crippen molar-refractivity contribution in [1.29, 1.82) is 0 Å². The van der Waals surface area contributed by atoms with E-state index in [9.17, 15) is 21.6 Å². The molecule has 0 bridgehead atoms. The van der Waals surface area contributed by atoms with Gasteiger partial charge in [0, 0.05) is 17.2 Å². The molecule has 0 aromatic carbocycles. The molecule has 15 heavy (non-hydrogen) atoms. The largest absolute Gasteiger partial charge is 0.452 e.